The summed E-state index contributed by atoms with van der Waals surface area (Å²) in [4.78, 5) is 23.0. The molecular weight excluding hydrogens is 264 g/mol. The molecule has 6 nitrogen and oxygen atoms in total. The summed E-state index contributed by atoms with van der Waals surface area (Å²) in [5.41, 5.74) is 0. The molecule has 20 heavy (non-hydrogen) atoms. The third-order valence-corrected chi connectivity index (χ3v) is 3.14. The van der Waals surface area contributed by atoms with Crippen LogP contribution in [0.15, 0.2) is 12.2 Å². The van der Waals surface area contributed by atoms with Crippen LogP contribution in [-0.4, -0.2) is 46.6 Å². The number of hydrogen-bond acceptors (Lipinski definition) is 6. The number of hydrogen-bond donors (Lipinski definition) is 2. The van der Waals surface area contributed by atoms with Crippen molar-refractivity contribution < 1.29 is 29.3 Å². The lowest BCUT2D eigenvalue weighted by Crippen LogP contribution is -2.29. The summed E-state index contributed by atoms with van der Waals surface area (Å²) in [6, 6.07) is 0. The van der Waals surface area contributed by atoms with Crippen LogP contribution in [0.25, 0.3) is 0 Å². The largest absolute Gasteiger partial charge is 0.463 e. The smallest absolute Gasteiger partial charge is 0.330 e. The summed E-state index contributed by atoms with van der Waals surface area (Å²) in [5.74, 6) is -1.03. The van der Waals surface area contributed by atoms with Crippen molar-refractivity contribution in [3.8, 4) is 0 Å². The number of aliphatic hydroxyl groups is 2. The molecule has 0 aromatic rings. The van der Waals surface area contributed by atoms with E-state index in [4.69, 9.17) is 9.47 Å². The summed E-state index contributed by atoms with van der Waals surface area (Å²) in [7, 11) is 0. The molecule has 1 aliphatic heterocycles. The molecule has 4 atom stereocenters. The van der Waals surface area contributed by atoms with E-state index >= 15 is 0 Å². The Morgan fingerprint density at radius 3 is 2.50 bits per heavy atom. The predicted molar refractivity (Wildman–Crippen MR) is 70.7 cm³/mol. The van der Waals surface area contributed by atoms with Crippen LogP contribution >= 0.6 is 0 Å². The maximum absolute atomic E-state index is 11.5. The van der Waals surface area contributed by atoms with E-state index in [1.165, 1.54) is 6.08 Å². The number of carbonyl (C=O) groups excluding carboxylic acids is 2. The molecule has 2 N–H and O–H groups in total. The van der Waals surface area contributed by atoms with E-state index in [0.29, 0.717) is 12.8 Å². The van der Waals surface area contributed by atoms with E-state index in [0.717, 1.165) is 6.08 Å². The SMILES string of the molecule is C[C@@H]1CC[C@@H](O)/C=C\C(=O)O[C@H](C)[C@H](O)CCC(=O)O1. The van der Waals surface area contributed by atoms with Gasteiger partial charge in [-0.25, -0.2) is 4.79 Å². The standard InChI is InChI=1S/C14H22O6/c1-9-3-4-11(15)5-7-14(18)20-10(2)12(16)6-8-13(17)19-9/h5,7,9-12,15-16H,3-4,6,8H2,1-2H3/b7-5-/t9-,10-,11-,12-/m1/s1. The molecule has 1 aliphatic rings. The quantitative estimate of drug-likeness (QED) is 0.637. The topological polar surface area (TPSA) is 93.1 Å². The van der Waals surface area contributed by atoms with E-state index in [1.54, 1.807) is 13.8 Å². The van der Waals surface area contributed by atoms with Crippen LogP contribution in [0, 0.1) is 0 Å². The molecule has 0 amide bonds. The lowest BCUT2D eigenvalue weighted by molar-refractivity contribution is -0.151. The molecule has 1 heterocycles. The van der Waals surface area contributed by atoms with Crippen molar-refractivity contribution in [3.05, 3.63) is 12.2 Å². The van der Waals surface area contributed by atoms with Gasteiger partial charge >= 0.3 is 11.9 Å². The van der Waals surface area contributed by atoms with Gasteiger partial charge in [-0.1, -0.05) is 0 Å². The van der Waals surface area contributed by atoms with Crippen molar-refractivity contribution >= 4 is 11.9 Å². The summed E-state index contributed by atoms with van der Waals surface area (Å²) in [6.45, 7) is 3.29. The minimum absolute atomic E-state index is 0.0613. The lowest BCUT2D eigenvalue weighted by atomic mass is 10.1. The van der Waals surface area contributed by atoms with Crippen LogP contribution < -0.4 is 0 Å². The minimum atomic E-state index is -0.928. The van der Waals surface area contributed by atoms with Crippen molar-refractivity contribution in [2.24, 2.45) is 0 Å². The Kier molecular flexibility index (Phi) is 6.67. The molecule has 0 bridgehead atoms. The molecule has 0 fully saturated rings. The van der Waals surface area contributed by atoms with Crippen LogP contribution in [0.4, 0.5) is 0 Å². The van der Waals surface area contributed by atoms with Crippen molar-refractivity contribution in [1.29, 1.82) is 0 Å². The maximum Gasteiger partial charge on any atom is 0.330 e. The number of aliphatic hydroxyl groups excluding tert-OH is 2. The van der Waals surface area contributed by atoms with Crippen molar-refractivity contribution in [2.45, 2.75) is 63.9 Å². The highest BCUT2D eigenvalue weighted by molar-refractivity contribution is 5.82. The fourth-order valence-corrected chi connectivity index (χ4v) is 1.84. The van der Waals surface area contributed by atoms with Crippen molar-refractivity contribution in [3.63, 3.8) is 0 Å². The molecule has 0 aromatic heterocycles. The summed E-state index contributed by atoms with van der Waals surface area (Å²) < 4.78 is 10.1. The first-order valence-electron chi connectivity index (χ1n) is 6.83. The van der Waals surface area contributed by atoms with Gasteiger partial charge in [0.15, 0.2) is 0 Å². The molecule has 6 heteroatoms. The molecular formula is C14H22O6. The summed E-state index contributed by atoms with van der Waals surface area (Å²) in [5, 5.41) is 19.4. The number of rotatable bonds is 0. The Balaban J connectivity index is 2.71. The Morgan fingerprint density at radius 1 is 1.10 bits per heavy atom. The van der Waals surface area contributed by atoms with Crippen LogP contribution in [0.5, 0.6) is 0 Å². The maximum atomic E-state index is 11.5. The predicted octanol–water partition coefficient (Wildman–Crippen LogP) is 0.702. The van der Waals surface area contributed by atoms with Gasteiger partial charge in [-0.05, 0) is 39.2 Å². The zero-order chi connectivity index (χ0) is 15.1. The third-order valence-electron chi connectivity index (χ3n) is 3.14. The first-order chi connectivity index (χ1) is 9.38. The second kappa shape index (κ2) is 8.01. The molecule has 0 aliphatic carbocycles. The van der Waals surface area contributed by atoms with E-state index in [-0.39, 0.29) is 18.9 Å². The Hall–Kier alpha value is -1.40. The first-order valence-corrected chi connectivity index (χ1v) is 6.83. The van der Waals surface area contributed by atoms with Crippen LogP contribution in [0.3, 0.4) is 0 Å². The van der Waals surface area contributed by atoms with Crippen molar-refractivity contribution in [1.82, 2.24) is 0 Å². The monoisotopic (exact) mass is 286 g/mol. The van der Waals surface area contributed by atoms with Gasteiger partial charge in [-0.2, -0.15) is 0 Å². The van der Waals surface area contributed by atoms with Gasteiger partial charge in [0.05, 0.1) is 18.3 Å². The average molecular weight is 286 g/mol. The van der Waals surface area contributed by atoms with Gasteiger partial charge in [-0.3, -0.25) is 4.79 Å². The number of ether oxygens (including phenoxy) is 2. The zero-order valence-electron chi connectivity index (χ0n) is 11.8. The minimum Gasteiger partial charge on any atom is -0.463 e. The number of carbonyl (C=O) groups is 2. The molecule has 0 saturated carbocycles. The lowest BCUT2D eigenvalue weighted by Gasteiger charge is -2.20. The van der Waals surface area contributed by atoms with Gasteiger partial charge in [0, 0.05) is 12.5 Å². The summed E-state index contributed by atoms with van der Waals surface area (Å²) in [6.07, 6.45) is 0.833. The molecule has 0 radical (unpaired) electrons. The fraction of sp³-hybridized carbons (Fsp3) is 0.714. The van der Waals surface area contributed by atoms with Gasteiger partial charge in [0.2, 0.25) is 0 Å². The number of cyclic esters (lactones) is 2. The Bertz CT molecular complexity index is 365. The average Bonchev–Trinajstić information content (AvgIpc) is 2.39. The fourth-order valence-electron chi connectivity index (χ4n) is 1.84. The molecule has 0 saturated heterocycles. The van der Waals surface area contributed by atoms with Gasteiger partial charge < -0.3 is 19.7 Å². The molecule has 1 rings (SSSR count). The van der Waals surface area contributed by atoms with Crippen LogP contribution in [-0.2, 0) is 19.1 Å². The second-order valence-corrected chi connectivity index (χ2v) is 5.05. The first kappa shape index (κ1) is 16.7. The van der Waals surface area contributed by atoms with Crippen LogP contribution in [0.2, 0.25) is 0 Å². The highest BCUT2D eigenvalue weighted by Crippen LogP contribution is 2.12. The normalized spacial score (nSPS) is 35.6. The number of esters is 2. The third kappa shape index (κ3) is 6.16. The van der Waals surface area contributed by atoms with E-state index in [9.17, 15) is 19.8 Å². The second-order valence-electron chi connectivity index (χ2n) is 5.05. The van der Waals surface area contributed by atoms with Gasteiger partial charge in [-0.15, -0.1) is 0 Å². The summed E-state index contributed by atoms with van der Waals surface area (Å²) >= 11 is 0. The zero-order valence-corrected chi connectivity index (χ0v) is 11.8. The molecule has 0 spiro atoms. The highest BCUT2D eigenvalue weighted by atomic mass is 16.6. The van der Waals surface area contributed by atoms with Crippen LogP contribution in [0.1, 0.15) is 39.5 Å². The van der Waals surface area contributed by atoms with E-state index < -0.39 is 30.3 Å². The molecule has 0 unspecified atom stereocenters. The highest BCUT2D eigenvalue weighted by Gasteiger charge is 2.20. The van der Waals surface area contributed by atoms with Crippen molar-refractivity contribution in [2.75, 3.05) is 0 Å². The van der Waals surface area contributed by atoms with E-state index in [2.05, 4.69) is 0 Å². The molecule has 114 valence electrons. The van der Waals surface area contributed by atoms with Gasteiger partial charge in [0.25, 0.3) is 0 Å². The Morgan fingerprint density at radius 2 is 1.80 bits per heavy atom. The van der Waals surface area contributed by atoms with Gasteiger partial charge in [0.1, 0.15) is 6.10 Å². The van der Waals surface area contributed by atoms with E-state index in [1.807, 2.05) is 0 Å². The Labute approximate surface area is 118 Å². The molecule has 0 aromatic carbocycles.